The number of hydrogen-bond acceptors (Lipinski definition) is 4. The maximum Gasteiger partial charge on any atom is 0.222 e. The monoisotopic (exact) mass is 413 g/mol. The van der Waals surface area contributed by atoms with Crippen LogP contribution in [0.1, 0.15) is 44.1 Å². The first-order valence-electron chi connectivity index (χ1n) is 11.5. The van der Waals surface area contributed by atoms with E-state index in [9.17, 15) is 4.79 Å². The summed E-state index contributed by atoms with van der Waals surface area (Å²) in [5.41, 5.74) is 1.20. The van der Waals surface area contributed by atoms with Crippen molar-refractivity contribution in [3.63, 3.8) is 0 Å². The second-order valence-electron chi connectivity index (χ2n) is 9.02. The highest BCUT2D eigenvalue weighted by Crippen LogP contribution is 2.23. The van der Waals surface area contributed by atoms with Crippen molar-refractivity contribution >= 4 is 12.0 Å². The van der Waals surface area contributed by atoms with E-state index in [4.69, 9.17) is 4.74 Å². The van der Waals surface area contributed by atoms with Gasteiger partial charge in [0, 0.05) is 32.6 Å². The summed E-state index contributed by atoms with van der Waals surface area (Å²) in [6, 6.07) is 8.59. The first-order valence-corrected chi connectivity index (χ1v) is 11.5. The van der Waals surface area contributed by atoms with Gasteiger partial charge in [-0.3, -0.25) is 9.69 Å². The molecule has 2 aliphatic heterocycles. The third-order valence-corrected chi connectivity index (χ3v) is 6.79. The van der Waals surface area contributed by atoms with Crippen molar-refractivity contribution in [3.8, 4) is 5.75 Å². The first kappa shape index (κ1) is 22.8. The van der Waals surface area contributed by atoms with Crippen LogP contribution in [-0.2, 0) is 4.79 Å². The molecule has 5 heteroatoms. The smallest absolute Gasteiger partial charge is 0.222 e. The third-order valence-electron chi connectivity index (χ3n) is 6.79. The third kappa shape index (κ3) is 6.85. The van der Waals surface area contributed by atoms with E-state index in [-0.39, 0.29) is 0 Å². The minimum atomic E-state index is 0.334. The zero-order valence-corrected chi connectivity index (χ0v) is 19.1. The van der Waals surface area contributed by atoms with E-state index >= 15 is 0 Å². The summed E-state index contributed by atoms with van der Waals surface area (Å²) >= 11 is 0. The normalized spacial score (nSPS) is 21.8. The molecule has 0 spiro atoms. The summed E-state index contributed by atoms with van der Waals surface area (Å²) in [6.45, 7) is 5.45. The Kier molecular flexibility index (Phi) is 8.76. The Labute approximate surface area is 182 Å². The predicted octanol–water partition coefficient (Wildman–Crippen LogP) is 3.75. The summed E-state index contributed by atoms with van der Waals surface area (Å²) in [5.74, 6) is 1.87. The maximum absolute atomic E-state index is 12.7. The van der Waals surface area contributed by atoms with Crippen LogP contribution in [0.2, 0.25) is 0 Å². The molecule has 1 aromatic carbocycles. The largest absolute Gasteiger partial charge is 0.497 e. The van der Waals surface area contributed by atoms with Crippen LogP contribution < -0.4 is 4.74 Å². The number of carbonyl (C=O) groups excluding carboxylic acids is 1. The van der Waals surface area contributed by atoms with E-state index in [0.717, 1.165) is 57.7 Å². The van der Waals surface area contributed by atoms with Gasteiger partial charge < -0.3 is 14.5 Å². The lowest BCUT2D eigenvalue weighted by atomic mass is 9.93. The summed E-state index contributed by atoms with van der Waals surface area (Å²) in [6.07, 6.45) is 10.9. The van der Waals surface area contributed by atoms with Crippen molar-refractivity contribution in [1.82, 2.24) is 14.7 Å². The van der Waals surface area contributed by atoms with Gasteiger partial charge in [-0.25, -0.2) is 0 Å². The van der Waals surface area contributed by atoms with E-state index in [2.05, 4.69) is 41.1 Å². The van der Waals surface area contributed by atoms with E-state index in [1.54, 1.807) is 7.11 Å². The van der Waals surface area contributed by atoms with Gasteiger partial charge in [0.25, 0.3) is 0 Å². The van der Waals surface area contributed by atoms with E-state index < -0.39 is 0 Å². The van der Waals surface area contributed by atoms with Crippen molar-refractivity contribution in [2.75, 3.05) is 53.9 Å². The molecule has 0 aromatic heterocycles. The fourth-order valence-corrected chi connectivity index (χ4v) is 4.70. The SMILES string of the molecule is COc1ccc(/C=C/CN2CCC[C@@H](CCC(=O)N(C)C3CCN(C)CC3)C2)cc1. The Bertz CT molecular complexity index is 680. The Morgan fingerprint density at radius 2 is 1.90 bits per heavy atom. The predicted molar refractivity (Wildman–Crippen MR) is 124 cm³/mol. The average Bonchev–Trinajstić information content (AvgIpc) is 2.78. The number of carbonyl (C=O) groups is 1. The minimum absolute atomic E-state index is 0.334. The fraction of sp³-hybridized carbons (Fsp3) is 0.640. The molecule has 3 rings (SSSR count). The molecule has 1 aromatic rings. The molecule has 2 aliphatic rings. The molecule has 0 N–H and O–H groups in total. The van der Waals surface area contributed by atoms with Gasteiger partial charge in [0.15, 0.2) is 0 Å². The standard InChI is InChI=1S/C25H39N3O2/c1-26-18-14-23(15-19-26)27(2)25(29)13-10-22-7-5-17-28(20-22)16-4-6-21-8-11-24(30-3)12-9-21/h4,6,8-9,11-12,22-23H,5,7,10,13-20H2,1-3H3/b6-4+/t22-/m0/s1. The lowest BCUT2D eigenvalue weighted by Gasteiger charge is -2.36. The summed E-state index contributed by atoms with van der Waals surface area (Å²) in [4.78, 5) is 19.6. The molecule has 30 heavy (non-hydrogen) atoms. The van der Waals surface area contributed by atoms with Crippen LogP contribution in [-0.4, -0.2) is 80.6 Å². The zero-order valence-electron chi connectivity index (χ0n) is 19.1. The van der Waals surface area contributed by atoms with Gasteiger partial charge in [-0.1, -0.05) is 24.3 Å². The Hall–Kier alpha value is -1.85. The van der Waals surface area contributed by atoms with Crippen molar-refractivity contribution in [1.29, 1.82) is 0 Å². The van der Waals surface area contributed by atoms with E-state index in [0.29, 0.717) is 24.3 Å². The lowest BCUT2D eigenvalue weighted by molar-refractivity contribution is -0.133. The average molecular weight is 414 g/mol. The Morgan fingerprint density at radius 1 is 1.17 bits per heavy atom. The molecule has 0 unspecified atom stereocenters. The second-order valence-corrected chi connectivity index (χ2v) is 9.02. The van der Waals surface area contributed by atoms with Crippen LogP contribution in [0.15, 0.2) is 30.3 Å². The molecule has 166 valence electrons. The number of amides is 1. The quantitative estimate of drug-likeness (QED) is 0.650. The van der Waals surface area contributed by atoms with Gasteiger partial charge in [-0.05, 0) is 82.4 Å². The fourth-order valence-electron chi connectivity index (χ4n) is 4.70. The van der Waals surface area contributed by atoms with Crippen LogP contribution >= 0.6 is 0 Å². The maximum atomic E-state index is 12.7. The van der Waals surface area contributed by atoms with Crippen LogP contribution in [0, 0.1) is 5.92 Å². The van der Waals surface area contributed by atoms with E-state index in [1.807, 2.05) is 24.1 Å². The molecule has 0 bridgehead atoms. The van der Waals surface area contributed by atoms with Crippen LogP contribution in [0.25, 0.3) is 6.08 Å². The van der Waals surface area contributed by atoms with Crippen molar-refractivity contribution in [2.45, 2.75) is 44.6 Å². The number of rotatable bonds is 8. The summed E-state index contributed by atoms with van der Waals surface area (Å²) < 4.78 is 5.21. The van der Waals surface area contributed by atoms with Gasteiger partial charge in [0.05, 0.1) is 7.11 Å². The number of hydrogen-bond donors (Lipinski definition) is 0. The van der Waals surface area contributed by atoms with Gasteiger partial charge >= 0.3 is 0 Å². The number of ether oxygens (including phenoxy) is 1. The highest BCUT2D eigenvalue weighted by molar-refractivity contribution is 5.76. The number of nitrogens with zero attached hydrogens (tertiary/aromatic N) is 3. The summed E-state index contributed by atoms with van der Waals surface area (Å²) in [7, 11) is 5.87. The Morgan fingerprint density at radius 3 is 2.60 bits per heavy atom. The highest BCUT2D eigenvalue weighted by Gasteiger charge is 2.25. The minimum Gasteiger partial charge on any atom is -0.497 e. The molecule has 0 saturated carbocycles. The molecule has 2 heterocycles. The van der Waals surface area contributed by atoms with Gasteiger partial charge in [-0.15, -0.1) is 0 Å². The number of benzene rings is 1. The van der Waals surface area contributed by atoms with Crippen molar-refractivity contribution in [2.24, 2.45) is 5.92 Å². The van der Waals surface area contributed by atoms with E-state index in [1.165, 1.54) is 18.4 Å². The van der Waals surface area contributed by atoms with Gasteiger partial charge in [-0.2, -0.15) is 0 Å². The van der Waals surface area contributed by atoms with Crippen molar-refractivity contribution < 1.29 is 9.53 Å². The molecular formula is C25H39N3O2. The molecule has 1 amide bonds. The second kappa shape index (κ2) is 11.5. The topological polar surface area (TPSA) is 36.0 Å². The molecular weight excluding hydrogens is 374 g/mol. The van der Waals surface area contributed by atoms with Gasteiger partial charge in [0.1, 0.15) is 5.75 Å². The number of piperidine rings is 2. The molecule has 0 aliphatic carbocycles. The van der Waals surface area contributed by atoms with Crippen LogP contribution in [0.5, 0.6) is 5.75 Å². The van der Waals surface area contributed by atoms with Crippen LogP contribution in [0.3, 0.4) is 0 Å². The van der Waals surface area contributed by atoms with Gasteiger partial charge in [0.2, 0.25) is 5.91 Å². The molecule has 5 nitrogen and oxygen atoms in total. The molecule has 2 saturated heterocycles. The molecule has 2 fully saturated rings. The zero-order chi connectivity index (χ0) is 21.3. The molecule has 0 radical (unpaired) electrons. The van der Waals surface area contributed by atoms with Crippen LogP contribution in [0.4, 0.5) is 0 Å². The lowest BCUT2D eigenvalue weighted by Crippen LogP contribution is -2.44. The highest BCUT2D eigenvalue weighted by atomic mass is 16.5. The molecule has 1 atom stereocenters. The number of likely N-dealkylation sites (tertiary alicyclic amines) is 2. The number of methoxy groups -OCH3 is 1. The first-order chi connectivity index (χ1) is 14.5. The summed E-state index contributed by atoms with van der Waals surface area (Å²) in [5, 5.41) is 0. The van der Waals surface area contributed by atoms with Crippen molar-refractivity contribution in [3.05, 3.63) is 35.9 Å². The Balaban J connectivity index is 1.38.